The van der Waals surface area contributed by atoms with E-state index in [0.29, 0.717) is 5.92 Å². The third kappa shape index (κ3) is 2.46. The van der Waals surface area contributed by atoms with Gasteiger partial charge in [0.05, 0.1) is 6.20 Å². The number of nitrogens with zero attached hydrogens (tertiary/aromatic N) is 1. The van der Waals surface area contributed by atoms with Gasteiger partial charge in [-0.25, -0.2) is 0 Å². The molecule has 0 bridgehead atoms. The van der Waals surface area contributed by atoms with Crippen LogP contribution < -0.4 is 4.74 Å². The minimum atomic E-state index is -4.64. The van der Waals surface area contributed by atoms with Crippen LogP contribution in [0.5, 0.6) is 5.75 Å². The lowest BCUT2D eigenvalue weighted by atomic mass is 9.88. The van der Waals surface area contributed by atoms with Gasteiger partial charge in [0.25, 0.3) is 0 Å². The zero-order valence-corrected chi connectivity index (χ0v) is 8.84. The molecule has 88 valence electrons. The van der Waals surface area contributed by atoms with E-state index in [0.717, 1.165) is 36.7 Å². The summed E-state index contributed by atoms with van der Waals surface area (Å²) in [5.41, 5.74) is 1.78. The zero-order valence-electron chi connectivity index (χ0n) is 8.84. The Hall–Kier alpha value is -1.26. The van der Waals surface area contributed by atoms with Gasteiger partial charge in [0.2, 0.25) is 0 Å². The first kappa shape index (κ1) is 11.2. The van der Waals surface area contributed by atoms with Crippen molar-refractivity contribution >= 4 is 0 Å². The van der Waals surface area contributed by atoms with Gasteiger partial charge in [0.1, 0.15) is 5.75 Å². The molecule has 1 heterocycles. The predicted molar refractivity (Wildman–Crippen MR) is 52.3 cm³/mol. The van der Waals surface area contributed by atoms with Crippen molar-refractivity contribution in [1.82, 2.24) is 4.98 Å². The molecule has 1 aliphatic rings. The highest BCUT2D eigenvalue weighted by Crippen LogP contribution is 2.32. The van der Waals surface area contributed by atoms with Gasteiger partial charge in [-0.1, -0.05) is 6.92 Å². The first-order valence-electron chi connectivity index (χ1n) is 5.20. The molecule has 0 unspecified atom stereocenters. The number of pyridine rings is 1. The van der Waals surface area contributed by atoms with Gasteiger partial charge in [-0.3, -0.25) is 4.98 Å². The van der Waals surface area contributed by atoms with Gasteiger partial charge in [-0.15, -0.1) is 13.2 Å². The van der Waals surface area contributed by atoms with E-state index >= 15 is 0 Å². The molecule has 2 nitrogen and oxygen atoms in total. The molecule has 0 saturated heterocycles. The first-order chi connectivity index (χ1) is 7.46. The topological polar surface area (TPSA) is 22.1 Å². The lowest BCUT2D eigenvalue weighted by Crippen LogP contribution is -2.18. The SMILES string of the molecule is C[C@H]1CCCc2cc(OC(F)(F)F)cnc21. The number of aromatic nitrogens is 1. The molecular formula is C11H12F3NO. The third-order valence-electron chi connectivity index (χ3n) is 2.76. The maximum absolute atomic E-state index is 12.0. The highest BCUT2D eigenvalue weighted by molar-refractivity contribution is 5.33. The lowest BCUT2D eigenvalue weighted by Gasteiger charge is -2.21. The molecule has 2 rings (SSSR count). The average Bonchev–Trinajstić information content (AvgIpc) is 2.15. The van der Waals surface area contributed by atoms with Gasteiger partial charge in [0, 0.05) is 5.69 Å². The van der Waals surface area contributed by atoms with Gasteiger partial charge in [0.15, 0.2) is 0 Å². The molecule has 0 spiro atoms. The maximum Gasteiger partial charge on any atom is 0.573 e. The normalized spacial score (nSPS) is 20.4. The summed E-state index contributed by atoms with van der Waals surface area (Å²) in [7, 11) is 0. The predicted octanol–water partition coefficient (Wildman–Crippen LogP) is 3.42. The van der Waals surface area contributed by atoms with Crippen LogP contribution in [0.2, 0.25) is 0 Å². The summed E-state index contributed by atoms with van der Waals surface area (Å²) in [5, 5.41) is 0. The molecule has 1 aliphatic carbocycles. The third-order valence-corrected chi connectivity index (χ3v) is 2.76. The first-order valence-corrected chi connectivity index (χ1v) is 5.20. The molecule has 0 saturated carbocycles. The van der Waals surface area contributed by atoms with E-state index in [1.54, 1.807) is 0 Å². The Labute approximate surface area is 91.4 Å². The van der Waals surface area contributed by atoms with Gasteiger partial charge in [-0.05, 0) is 36.8 Å². The molecular weight excluding hydrogens is 219 g/mol. The number of alkyl halides is 3. The second-order valence-electron chi connectivity index (χ2n) is 4.06. The summed E-state index contributed by atoms with van der Waals surface area (Å²) in [4.78, 5) is 4.06. The van der Waals surface area contributed by atoms with E-state index in [4.69, 9.17) is 0 Å². The van der Waals surface area contributed by atoms with E-state index in [1.807, 2.05) is 6.92 Å². The molecule has 16 heavy (non-hydrogen) atoms. The summed E-state index contributed by atoms with van der Waals surface area (Å²) < 4.78 is 39.8. The van der Waals surface area contributed by atoms with Crippen LogP contribution in [0.1, 0.15) is 36.9 Å². The Morgan fingerprint density at radius 1 is 1.44 bits per heavy atom. The number of aryl methyl sites for hydroxylation is 1. The monoisotopic (exact) mass is 231 g/mol. The molecule has 1 atom stereocenters. The summed E-state index contributed by atoms with van der Waals surface area (Å²) in [6.07, 6.45) is -0.684. The quantitative estimate of drug-likeness (QED) is 0.738. The molecule has 0 fully saturated rings. The number of fused-ring (bicyclic) bond motifs is 1. The molecule has 1 aromatic rings. The number of halogens is 3. The van der Waals surface area contributed by atoms with E-state index in [1.165, 1.54) is 6.07 Å². The smallest absolute Gasteiger partial charge is 0.404 e. The van der Waals surface area contributed by atoms with Crippen LogP contribution in [-0.4, -0.2) is 11.3 Å². The van der Waals surface area contributed by atoms with E-state index in [-0.39, 0.29) is 5.75 Å². The second kappa shape index (κ2) is 3.96. The van der Waals surface area contributed by atoms with Crippen molar-refractivity contribution in [3.63, 3.8) is 0 Å². The fraction of sp³-hybridized carbons (Fsp3) is 0.545. The fourth-order valence-corrected chi connectivity index (χ4v) is 2.07. The molecule has 5 heteroatoms. The summed E-state index contributed by atoms with van der Waals surface area (Å²) in [6, 6.07) is 1.45. The fourth-order valence-electron chi connectivity index (χ4n) is 2.07. The van der Waals surface area contributed by atoms with Crippen LogP contribution >= 0.6 is 0 Å². The van der Waals surface area contributed by atoms with Crippen LogP contribution in [0.3, 0.4) is 0 Å². The van der Waals surface area contributed by atoms with Crippen LogP contribution in [0.25, 0.3) is 0 Å². The molecule has 1 aromatic heterocycles. The Morgan fingerprint density at radius 3 is 2.88 bits per heavy atom. The number of rotatable bonds is 1. The van der Waals surface area contributed by atoms with Crippen molar-refractivity contribution < 1.29 is 17.9 Å². The minimum absolute atomic E-state index is 0.222. The standard InChI is InChI=1S/C11H12F3NO/c1-7-3-2-4-8-5-9(6-15-10(7)8)16-11(12,13)14/h5-7H,2-4H2,1H3/t7-/m0/s1. The largest absolute Gasteiger partial charge is 0.573 e. The zero-order chi connectivity index (χ0) is 11.8. The van der Waals surface area contributed by atoms with Crippen LogP contribution in [-0.2, 0) is 6.42 Å². The van der Waals surface area contributed by atoms with Gasteiger partial charge < -0.3 is 4.74 Å². The molecule has 0 radical (unpaired) electrons. The summed E-state index contributed by atoms with van der Waals surface area (Å²) >= 11 is 0. The second-order valence-corrected chi connectivity index (χ2v) is 4.06. The summed E-state index contributed by atoms with van der Waals surface area (Å²) in [6.45, 7) is 2.04. The Balaban J connectivity index is 2.25. The van der Waals surface area contributed by atoms with Gasteiger partial charge in [-0.2, -0.15) is 0 Å². The van der Waals surface area contributed by atoms with Crippen molar-refractivity contribution in [1.29, 1.82) is 0 Å². The van der Waals surface area contributed by atoms with Crippen molar-refractivity contribution in [2.45, 2.75) is 38.5 Å². The highest BCUT2D eigenvalue weighted by Gasteiger charge is 2.31. The van der Waals surface area contributed by atoms with Crippen molar-refractivity contribution in [2.75, 3.05) is 0 Å². The Kier molecular flexibility index (Phi) is 2.78. The molecule has 0 N–H and O–H groups in total. The maximum atomic E-state index is 12.0. The molecule has 0 aromatic carbocycles. The Bertz CT molecular complexity index is 389. The van der Waals surface area contributed by atoms with Crippen LogP contribution in [0, 0.1) is 0 Å². The Morgan fingerprint density at radius 2 is 2.19 bits per heavy atom. The number of ether oxygens (including phenoxy) is 1. The van der Waals surface area contributed by atoms with Gasteiger partial charge >= 0.3 is 6.36 Å². The van der Waals surface area contributed by atoms with Crippen LogP contribution in [0.15, 0.2) is 12.3 Å². The minimum Gasteiger partial charge on any atom is -0.404 e. The van der Waals surface area contributed by atoms with E-state index in [9.17, 15) is 13.2 Å². The summed E-state index contributed by atoms with van der Waals surface area (Å²) in [5.74, 6) is 0.101. The van der Waals surface area contributed by atoms with Crippen molar-refractivity contribution in [2.24, 2.45) is 0 Å². The number of hydrogen-bond acceptors (Lipinski definition) is 2. The number of hydrogen-bond donors (Lipinski definition) is 0. The van der Waals surface area contributed by atoms with Crippen molar-refractivity contribution in [3.8, 4) is 5.75 Å². The van der Waals surface area contributed by atoms with E-state index < -0.39 is 6.36 Å². The average molecular weight is 231 g/mol. The lowest BCUT2D eigenvalue weighted by molar-refractivity contribution is -0.274. The molecule has 0 aliphatic heterocycles. The van der Waals surface area contributed by atoms with Crippen molar-refractivity contribution in [3.05, 3.63) is 23.5 Å². The molecule has 0 amide bonds. The van der Waals surface area contributed by atoms with Crippen LogP contribution in [0.4, 0.5) is 13.2 Å². The van der Waals surface area contributed by atoms with E-state index in [2.05, 4.69) is 9.72 Å². The highest BCUT2D eigenvalue weighted by atomic mass is 19.4.